The number of nitrogens with one attached hydrogen (secondary N) is 1. The van der Waals surface area contributed by atoms with E-state index < -0.39 is 27.7 Å². The number of rotatable bonds is 6. The van der Waals surface area contributed by atoms with Gasteiger partial charge in [-0.15, -0.1) is 0 Å². The van der Waals surface area contributed by atoms with Crippen LogP contribution in [0.5, 0.6) is 0 Å². The molecule has 7 rings (SSSR count). The summed E-state index contributed by atoms with van der Waals surface area (Å²) in [6, 6.07) is 25.7. The van der Waals surface area contributed by atoms with Crippen LogP contribution in [-0.2, 0) is 21.2 Å². The van der Waals surface area contributed by atoms with Gasteiger partial charge in [-0.05, 0) is 60.6 Å². The number of aromatic nitrogens is 3. The third-order valence-electron chi connectivity index (χ3n) is 8.68. The molecule has 2 aliphatic rings. The van der Waals surface area contributed by atoms with Crippen LogP contribution in [-0.4, -0.2) is 52.5 Å². The molecular weight excluding hydrogens is 593 g/mol. The van der Waals surface area contributed by atoms with E-state index in [1.165, 1.54) is 11.6 Å². The Morgan fingerprint density at radius 3 is 2.49 bits per heavy atom. The maximum Gasteiger partial charge on any atom is 0.273 e. The van der Waals surface area contributed by atoms with Gasteiger partial charge >= 0.3 is 0 Å². The number of carbonyl (C=O) groups excluding carboxylic acids is 2. The minimum absolute atomic E-state index is 0.114. The first-order valence-electron chi connectivity index (χ1n) is 14.7. The Morgan fingerprint density at radius 1 is 0.978 bits per heavy atom. The molecule has 1 saturated carbocycles. The smallest absolute Gasteiger partial charge is 0.273 e. The van der Waals surface area contributed by atoms with Crippen LogP contribution in [0.3, 0.4) is 0 Å². The van der Waals surface area contributed by atoms with Crippen LogP contribution in [0.2, 0.25) is 0 Å². The normalized spacial score (nSPS) is 19.3. The SMILES string of the molecule is C[C@@H]1c2ccccc2CCN1C(=O)c1cc(-c2ccccc2)n2nc(-c3ccc(C4CC4C(=O)NS(C)(=O)=O)cc3F)cc2n1. The lowest BCUT2D eigenvalue weighted by Crippen LogP contribution is -2.39. The molecule has 1 fully saturated rings. The Hall–Kier alpha value is -4.90. The second-order valence-electron chi connectivity index (χ2n) is 11.7. The molecule has 3 atom stereocenters. The van der Waals surface area contributed by atoms with Crippen LogP contribution in [0.25, 0.3) is 28.2 Å². The van der Waals surface area contributed by atoms with Crippen molar-refractivity contribution in [2.75, 3.05) is 12.8 Å². The van der Waals surface area contributed by atoms with E-state index in [9.17, 15) is 18.0 Å². The molecule has 0 radical (unpaired) electrons. The summed E-state index contributed by atoms with van der Waals surface area (Å²) in [5, 5.41) is 4.71. The Kier molecular flexibility index (Phi) is 7.00. The van der Waals surface area contributed by atoms with Gasteiger partial charge in [0.1, 0.15) is 11.5 Å². The highest BCUT2D eigenvalue weighted by Gasteiger charge is 2.45. The first-order valence-corrected chi connectivity index (χ1v) is 16.6. The average Bonchev–Trinajstić information content (AvgIpc) is 3.72. The Bertz CT molecular complexity index is 2100. The molecule has 2 unspecified atom stereocenters. The fourth-order valence-electron chi connectivity index (χ4n) is 6.31. The summed E-state index contributed by atoms with van der Waals surface area (Å²) in [5.41, 5.74) is 5.73. The Morgan fingerprint density at radius 2 is 1.73 bits per heavy atom. The lowest BCUT2D eigenvalue weighted by atomic mass is 9.93. The molecule has 1 N–H and O–H groups in total. The summed E-state index contributed by atoms with van der Waals surface area (Å²) < 4.78 is 42.0. The highest BCUT2D eigenvalue weighted by Crippen LogP contribution is 2.48. The van der Waals surface area contributed by atoms with E-state index >= 15 is 4.39 Å². The number of halogens is 1. The fourth-order valence-corrected chi connectivity index (χ4v) is 6.82. The predicted octanol–water partition coefficient (Wildman–Crippen LogP) is 5.14. The predicted molar refractivity (Wildman–Crippen MR) is 167 cm³/mol. The number of hydrogen-bond donors (Lipinski definition) is 1. The summed E-state index contributed by atoms with van der Waals surface area (Å²) in [7, 11) is -3.67. The molecule has 45 heavy (non-hydrogen) atoms. The summed E-state index contributed by atoms with van der Waals surface area (Å²) >= 11 is 0. The van der Waals surface area contributed by atoms with Crippen molar-refractivity contribution < 1.29 is 22.4 Å². The number of fused-ring (bicyclic) bond motifs is 2. The van der Waals surface area contributed by atoms with Gasteiger partial charge in [0.05, 0.1) is 23.7 Å². The number of carbonyl (C=O) groups is 2. The minimum Gasteiger partial charge on any atom is -0.330 e. The molecule has 11 heteroatoms. The van der Waals surface area contributed by atoms with E-state index in [4.69, 9.17) is 10.1 Å². The Labute approximate surface area is 259 Å². The molecule has 1 aliphatic carbocycles. The van der Waals surface area contributed by atoms with Crippen LogP contribution in [0.1, 0.15) is 52.5 Å². The molecule has 2 aromatic heterocycles. The molecule has 0 bridgehead atoms. The van der Waals surface area contributed by atoms with E-state index in [1.54, 1.807) is 28.8 Å². The van der Waals surface area contributed by atoms with E-state index in [-0.39, 0.29) is 29.1 Å². The van der Waals surface area contributed by atoms with Crippen LogP contribution < -0.4 is 4.72 Å². The van der Waals surface area contributed by atoms with Gasteiger partial charge in [-0.25, -0.2) is 22.3 Å². The zero-order valence-corrected chi connectivity index (χ0v) is 25.5. The summed E-state index contributed by atoms with van der Waals surface area (Å²) in [5.74, 6) is -2.08. The number of sulfonamides is 1. The molecule has 0 spiro atoms. The van der Waals surface area contributed by atoms with Crippen LogP contribution in [0.15, 0.2) is 84.9 Å². The monoisotopic (exact) mass is 623 g/mol. The van der Waals surface area contributed by atoms with Crippen molar-refractivity contribution in [2.45, 2.75) is 31.7 Å². The number of nitrogens with zero attached hydrogens (tertiary/aromatic N) is 4. The highest BCUT2D eigenvalue weighted by atomic mass is 32.2. The standard InChI is InChI=1S/C34H30FN5O4S/c1-20-24-11-7-6-8-21(24)14-15-39(20)34(42)30-18-31(22-9-4-3-5-10-22)40-32(36-30)19-29(37-40)25-13-12-23(16-28(25)35)26-17-27(26)33(41)38-45(2,43)44/h3-13,16,18-20,26-27H,14-15,17H2,1-2H3,(H,38,41)/t20-,26?,27?/m1/s1. The molecule has 2 amide bonds. The lowest BCUT2D eigenvalue weighted by Gasteiger charge is -2.35. The van der Waals surface area contributed by atoms with E-state index in [0.717, 1.165) is 23.8 Å². The maximum absolute atomic E-state index is 15.6. The van der Waals surface area contributed by atoms with Crippen molar-refractivity contribution >= 4 is 27.5 Å². The van der Waals surface area contributed by atoms with E-state index in [2.05, 4.69) is 12.1 Å². The second-order valence-corrected chi connectivity index (χ2v) is 13.5. The molecule has 5 aromatic rings. The van der Waals surface area contributed by atoms with Crippen molar-refractivity contribution in [3.05, 3.63) is 113 Å². The number of hydrogen-bond acceptors (Lipinski definition) is 6. The lowest BCUT2D eigenvalue weighted by molar-refractivity contribution is -0.120. The van der Waals surface area contributed by atoms with Crippen molar-refractivity contribution in [1.82, 2.24) is 24.2 Å². The van der Waals surface area contributed by atoms with Crippen LogP contribution in [0, 0.1) is 11.7 Å². The van der Waals surface area contributed by atoms with Crippen molar-refractivity contribution in [3.63, 3.8) is 0 Å². The molecule has 1 aliphatic heterocycles. The Balaban J connectivity index is 1.23. The number of amides is 2. The van der Waals surface area contributed by atoms with Gasteiger partial charge in [0, 0.05) is 29.7 Å². The molecule has 3 aromatic carbocycles. The summed E-state index contributed by atoms with van der Waals surface area (Å²) in [6.45, 7) is 2.60. The molecular formula is C34H30FN5O4S. The molecule has 228 valence electrons. The third-order valence-corrected chi connectivity index (χ3v) is 9.25. The van der Waals surface area contributed by atoms with Gasteiger partial charge in [0.2, 0.25) is 15.9 Å². The quantitative estimate of drug-likeness (QED) is 0.280. The highest BCUT2D eigenvalue weighted by molar-refractivity contribution is 7.89. The molecule has 0 saturated heterocycles. The zero-order chi connectivity index (χ0) is 31.5. The van der Waals surface area contributed by atoms with E-state index in [0.29, 0.717) is 35.6 Å². The van der Waals surface area contributed by atoms with Crippen molar-refractivity contribution in [3.8, 4) is 22.5 Å². The van der Waals surface area contributed by atoms with Gasteiger partial charge in [0.15, 0.2) is 5.65 Å². The first-order chi connectivity index (χ1) is 21.6. The van der Waals surface area contributed by atoms with Crippen LogP contribution in [0.4, 0.5) is 4.39 Å². The van der Waals surface area contributed by atoms with E-state index in [1.807, 2.05) is 59.0 Å². The first kappa shape index (κ1) is 28.8. The summed E-state index contributed by atoms with van der Waals surface area (Å²) in [6.07, 6.45) is 2.13. The molecule has 9 nitrogen and oxygen atoms in total. The van der Waals surface area contributed by atoms with Crippen LogP contribution >= 0.6 is 0 Å². The van der Waals surface area contributed by atoms with Gasteiger partial charge in [-0.3, -0.25) is 14.3 Å². The third kappa shape index (κ3) is 5.48. The van der Waals surface area contributed by atoms with Gasteiger partial charge < -0.3 is 4.90 Å². The fraction of sp³-hybridized carbons (Fsp3) is 0.235. The minimum atomic E-state index is -3.67. The second kappa shape index (κ2) is 10.9. The summed E-state index contributed by atoms with van der Waals surface area (Å²) in [4.78, 5) is 32.7. The van der Waals surface area contributed by atoms with Gasteiger partial charge in [-0.1, -0.05) is 60.7 Å². The van der Waals surface area contributed by atoms with Crippen molar-refractivity contribution in [1.29, 1.82) is 0 Å². The topological polar surface area (TPSA) is 114 Å². The van der Waals surface area contributed by atoms with Gasteiger partial charge in [0.25, 0.3) is 5.91 Å². The van der Waals surface area contributed by atoms with Crippen molar-refractivity contribution in [2.24, 2.45) is 5.92 Å². The largest absolute Gasteiger partial charge is 0.330 e. The van der Waals surface area contributed by atoms with Gasteiger partial charge in [-0.2, -0.15) is 5.10 Å². The maximum atomic E-state index is 15.6. The zero-order valence-electron chi connectivity index (χ0n) is 24.6. The number of benzene rings is 3. The molecule has 3 heterocycles. The average molecular weight is 624 g/mol.